The summed E-state index contributed by atoms with van der Waals surface area (Å²) in [5, 5.41) is 22.2. The normalized spacial score (nSPS) is 17.9. The molecule has 0 aromatic heterocycles. The number of hydrogen-bond donors (Lipinski definition) is 2. The van der Waals surface area contributed by atoms with Crippen LogP contribution in [0.3, 0.4) is 0 Å². The molecule has 2 N–H and O–H groups in total. The zero-order valence-corrected chi connectivity index (χ0v) is 35.7. The fourth-order valence-corrected chi connectivity index (χ4v) is 7.94. The van der Waals surface area contributed by atoms with Crippen molar-refractivity contribution in [1.29, 1.82) is 0 Å². The second-order valence-electron chi connectivity index (χ2n) is 20.7. The maximum absolute atomic E-state index is 13.4. The number of likely N-dealkylation sites (tertiary alicyclic amines) is 1. The number of aryl methyl sites for hydroxylation is 1. The van der Waals surface area contributed by atoms with Crippen LogP contribution in [0, 0.1) is 0 Å². The molecule has 1 saturated heterocycles. The van der Waals surface area contributed by atoms with Crippen LogP contribution in [0.2, 0.25) is 0 Å². The Hall–Kier alpha value is -3.06. The number of carbonyl (C=O) groups is 2. The van der Waals surface area contributed by atoms with Crippen LogP contribution in [0.25, 0.3) is 0 Å². The van der Waals surface area contributed by atoms with E-state index in [4.69, 9.17) is 9.47 Å². The predicted molar refractivity (Wildman–Crippen MR) is 213 cm³/mol. The van der Waals surface area contributed by atoms with Crippen LogP contribution in [0.4, 0.5) is 0 Å². The highest BCUT2D eigenvalue weighted by molar-refractivity contribution is 5.78. The van der Waals surface area contributed by atoms with E-state index >= 15 is 0 Å². The first-order valence-electron chi connectivity index (χ1n) is 19.2. The Kier molecular flexibility index (Phi) is 12.5. The highest BCUT2D eigenvalue weighted by Gasteiger charge is 2.46. The van der Waals surface area contributed by atoms with Gasteiger partial charge in [-0.25, -0.2) is 0 Å². The molecule has 7 heteroatoms. The molecule has 0 aliphatic carbocycles. The number of phenolic OH excluding ortho intramolecular Hbond substituents is 2. The molecule has 1 aliphatic rings. The lowest BCUT2D eigenvalue weighted by atomic mass is 9.77. The van der Waals surface area contributed by atoms with E-state index in [-0.39, 0.29) is 63.8 Å². The summed E-state index contributed by atoms with van der Waals surface area (Å²) >= 11 is 0. The Morgan fingerprint density at radius 1 is 0.731 bits per heavy atom. The van der Waals surface area contributed by atoms with Crippen molar-refractivity contribution in [3.8, 4) is 11.5 Å². The number of benzene rings is 2. The molecule has 1 heterocycles. The van der Waals surface area contributed by atoms with E-state index < -0.39 is 5.92 Å². The van der Waals surface area contributed by atoms with Gasteiger partial charge in [0.2, 0.25) is 0 Å². The zero-order valence-electron chi connectivity index (χ0n) is 35.7. The minimum atomic E-state index is -0.490. The molecule has 7 nitrogen and oxygen atoms in total. The van der Waals surface area contributed by atoms with Gasteiger partial charge in [0.15, 0.2) is 0 Å². The second kappa shape index (κ2) is 15.0. The van der Waals surface area contributed by atoms with Crippen LogP contribution in [0.1, 0.15) is 176 Å². The summed E-state index contributed by atoms with van der Waals surface area (Å²) in [6, 6.07) is 7.97. The Morgan fingerprint density at radius 3 is 1.50 bits per heavy atom. The fraction of sp³-hybridized carbons (Fsp3) is 0.689. The van der Waals surface area contributed by atoms with Crippen molar-refractivity contribution in [1.82, 2.24) is 4.90 Å². The fourth-order valence-electron chi connectivity index (χ4n) is 7.94. The number of piperidine rings is 1. The van der Waals surface area contributed by atoms with E-state index in [2.05, 4.69) is 116 Å². The summed E-state index contributed by atoms with van der Waals surface area (Å²) in [6.45, 7) is 36.3. The summed E-state index contributed by atoms with van der Waals surface area (Å²) < 4.78 is 12.0. The molecule has 2 aromatic carbocycles. The van der Waals surface area contributed by atoms with E-state index in [1.165, 1.54) is 0 Å². The van der Waals surface area contributed by atoms with Gasteiger partial charge in [-0.1, -0.05) is 107 Å². The van der Waals surface area contributed by atoms with Crippen molar-refractivity contribution in [2.75, 3.05) is 13.2 Å². The topological polar surface area (TPSA) is 96.3 Å². The predicted octanol–water partition coefficient (Wildman–Crippen LogP) is 10.1. The molecule has 1 aliphatic heterocycles. The smallest absolute Gasteiger partial charge is 0.313 e. The van der Waals surface area contributed by atoms with Gasteiger partial charge < -0.3 is 19.7 Å². The molecular formula is C45H71NO6. The minimum Gasteiger partial charge on any atom is -0.507 e. The average molecular weight is 722 g/mol. The molecule has 1 unspecified atom stereocenters. The highest BCUT2D eigenvalue weighted by Crippen LogP contribution is 2.43. The van der Waals surface area contributed by atoms with Gasteiger partial charge >= 0.3 is 11.9 Å². The number of ether oxygens (including phenoxy) is 2. The molecule has 0 bridgehead atoms. The standard InChI is InChI=1S/C45H71NO6/c1-28(30-24-34(42(8,9)10)38(49)35(25-30)43(11,12)13)39(50)51-21-20-46-44(14,15)26-31(27-45(46,16)17)52-36(47)19-18-29-22-32(40(2,3)4)37(48)33(23-29)41(5,6)7/h22-25,28,31,48-49H,18-21,26-27H2,1-17H3. The number of carbonyl (C=O) groups excluding carboxylic acids is 2. The molecule has 3 rings (SSSR count). The largest absolute Gasteiger partial charge is 0.507 e. The van der Waals surface area contributed by atoms with Gasteiger partial charge in [0.25, 0.3) is 0 Å². The van der Waals surface area contributed by atoms with Crippen molar-refractivity contribution >= 4 is 11.9 Å². The molecule has 52 heavy (non-hydrogen) atoms. The maximum atomic E-state index is 13.4. The quantitative estimate of drug-likeness (QED) is 0.249. The lowest BCUT2D eigenvalue weighted by Gasteiger charge is -2.54. The van der Waals surface area contributed by atoms with Gasteiger partial charge in [0.1, 0.15) is 24.2 Å². The number of esters is 2. The molecule has 0 radical (unpaired) electrons. The minimum absolute atomic E-state index is 0.214. The lowest BCUT2D eigenvalue weighted by molar-refractivity contribution is -0.163. The van der Waals surface area contributed by atoms with E-state index in [1.54, 1.807) is 0 Å². The van der Waals surface area contributed by atoms with Crippen LogP contribution in [0.5, 0.6) is 11.5 Å². The van der Waals surface area contributed by atoms with Gasteiger partial charge in [-0.3, -0.25) is 14.5 Å². The Morgan fingerprint density at radius 2 is 1.12 bits per heavy atom. The van der Waals surface area contributed by atoms with Gasteiger partial charge in [0, 0.05) is 36.9 Å². The summed E-state index contributed by atoms with van der Waals surface area (Å²) in [4.78, 5) is 29.1. The van der Waals surface area contributed by atoms with Crippen LogP contribution < -0.4 is 0 Å². The van der Waals surface area contributed by atoms with Crippen molar-refractivity contribution in [2.24, 2.45) is 0 Å². The summed E-state index contributed by atoms with van der Waals surface area (Å²) in [7, 11) is 0. The van der Waals surface area contributed by atoms with Crippen LogP contribution in [-0.2, 0) is 47.1 Å². The number of phenols is 2. The number of aromatic hydroxyl groups is 2. The van der Waals surface area contributed by atoms with Crippen LogP contribution >= 0.6 is 0 Å². The summed E-state index contributed by atoms with van der Waals surface area (Å²) in [6.07, 6.45) is 1.93. The van der Waals surface area contributed by atoms with Gasteiger partial charge in [-0.2, -0.15) is 0 Å². The highest BCUT2D eigenvalue weighted by atomic mass is 16.5. The molecule has 0 amide bonds. The van der Waals surface area contributed by atoms with E-state index in [1.807, 2.05) is 31.2 Å². The monoisotopic (exact) mass is 722 g/mol. The van der Waals surface area contributed by atoms with Crippen LogP contribution in [0.15, 0.2) is 24.3 Å². The van der Waals surface area contributed by atoms with Crippen molar-refractivity contribution in [2.45, 2.75) is 188 Å². The molecule has 2 aromatic rings. The number of rotatable bonds is 9. The van der Waals surface area contributed by atoms with Crippen molar-refractivity contribution < 1.29 is 29.3 Å². The van der Waals surface area contributed by atoms with Crippen molar-refractivity contribution in [3.63, 3.8) is 0 Å². The molecule has 292 valence electrons. The number of hydrogen-bond acceptors (Lipinski definition) is 7. The first-order valence-corrected chi connectivity index (χ1v) is 19.2. The van der Waals surface area contributed by atoms with E-state index in [0.29, 0.717) is 37.3 Å². The van der Waals surface area contributed by atoms with Crippen molar-refractivity contribution in [3.05, 3.63) is 57.6 Å². The first-order chi connectivity index (χ1) is 23.4. The summed E-state index contributed by atoms with van der Waals surface area (Å²) in [5.74, 6) is -0.356. The molecule has 1 fully saturated rings. The second-order valence-corrected chi connectivity index (χ2v) is 20.7. The summed E-state index contributed by atoms with van der Waals surface area (Å²) in [5.41, 5.74) is 3.65. The molecular weight excluding hydrogens is 650 g/mol. The van der Waals surface area contributed by atoms with E-state index in [0.717, 1.165) is 33.4 Å². The SMILES string of the molecule is CC(C(=O)OCCN1C(C)(C)CC(OC(=O)CCc2cc(C(C)(C)C)c(O)c(C(C)(C)C)c2)CC1(C)C)c1cc(C(C)(C)C)c(O)c(C(C)(C)C)c1. The maximum Gasteiger partial charge on any atom is 0.313 e. The van der Waals surface area contributed by atoms with Crippen LogP contribution in [-0.4, -0.2) is 57.4 Å². The Labute approximate surface area is 315 Å². The third kappa shape index (κ3) is 10.3. The molecule has 0 spiro atoms. The van der Waals surface area contributed by atoms with Gasteiger partial charge in [-0.05, 0) is 96.1 Å². The third-order valence-corrected chi connectivity index (χ3v) is 10.8. The third-order valence-electron chi connectivity index (χ3n) is 10.8. The van der Waals surface area contributed by atoms with Gasteiger partial charge in [-0.15, -0.1) is 0 Å². The Bertz CT molecular complexity index is 1520. The lowest BCUT2D eigenvalue weighted by Crippen LogP contribution is -2.63. The first kappa shape index (κ1) is 43.3. The van der Waals surface area contributed by atoms with Gasteiger partial charge in [0.05, 0.1) is 5.92 Å². The Balaban J connectivity index is 1.66. The van der Waals surface area contributed by atoms with E-state index in [9.17, 15) is 19.8 Å². The number of nitrogens with zero attached hydrogens (tertiary/aromatic N) is 1. The molecule has 0 saturated carbocycles. The average Bonchev–Trinajstić information content (AvgIpc) is 2.94. The zero-order chi connectivity index (χ0) is 40.0. The molecule has 1 atom stereocenters.